The number of pyridine rings is 1. The number of ether oxygens (including phenoxy) is 1. The molecule has 0 aliphatic heterocycles. The van der Waals surface area contributed by atoms with Crippen LogP contribution in [0.25, 0.3) is 28.4 Å². The fourth-order valence-corrected chi connectivity index (χ4v) is 3.36. The summed E-state index contributed by atoms with van der Waals surface area (Å²) in [5.74, 6) is 0.565. The molecule has 4 aromatic rings. The Morgan fingerprint density at radius 2 is 1.94 bits per heavy atom. The summed E-state index contributed by atoms with van der Waals surface area (Å²) in [4.78, 5) is 36.4. The third-order valence-electron chi connectivity index (χ3n) is 4.72. The lowest BCUT2D eigenvalue weighted by molar-refractivity contribution is -0.116. The van der Waals surface area contributed by atoms with Gasteiger partial charge in [-0.05, 0) is 48.9 Å². The van der Waals surface area contributed by atoms with Gasteiger partial charge in [0, 0.05) is 35.6 Å². The van der Waals surface area contributed by atoms with Gasteiger partial charge >= 0.3 is 5.97 Å². The molecule has 0 atom stereocenters. The first-order valence-electron chi connectivity index (χ1n) is 10.3. The van der Waals surface area contributed by atoms with Crippen LogP contribution in [0.5, 0.6) is 0 Å². The van der Waals surface area contributed by atoms with Gasteiger partial charge in [-0.2, -0.15) is 0 Å². The Labute approximate surface area is 199 Å². The number of benzene rings is 1. The third kappa shape index (κ3) is 5.38. The van der Waals surface area contributed by atoms with Crippen molar-refractivity contribution in [1.29, 1.82) is 0 Å². The van der Waals surface area contributed by atoms with E-state index in [1.54, 1.807) is 43.5 Å². The van der Waals surface area contributed by atoms with Crippen LogP contribution in [0.2, 0.25) is 5.02 Å². The van der Waals surface area contributed by atoms with E-state index in [0.29, 0.717) is 33.6 Å². The molecule has 9 nitrogen and oxygen atoms in total. The lowest BCUT2D eigenvalue weighted by Gasteiger charge is -2.04. The monoisotopic (exact) mass is 477 g/mol. The molecule has 3 heterocycles. The summed E-state index contributed by atoms with van der Waals surface area (Å²) in [6, 6.07) is 8.70. The first-order chi connectivity index (χ1) is 16.4. The maximum Gasteiger partial charge on any atom is 0.341 e. The zero-order valence-electron chi connectivity index (χ0n) is 18.1. The normalized spacial score (nSPS) is 11.1. The van der Waals surface area contributed by atoms with Gasteiger partial charge < -0.3 is 20.2 Å². The van der Waals surface area contributed by atoms with Crippen molar-refractivity contribution in [1.82, 2.24) is 20.3 Å². The van der Waals surface area contributed by atoms with Crippen LogP contribution in [0.1, 0.15) is 28.6 Å². The highest BCUT2D eigenvalue weighted by Gasteiger charge is 2.14. The summed E-state index contributed by atoms with van der Waals surface area (Å²) < 4.78 is 10.7. The molecule has 0 unspecified atom stereocenters. The molecule has 0 spiro atoms. The number of furan rings is 1. The standard InChI is InChI=1S/C24H20ClN5O4/c1-2-33-24(32)17-11-29-23(30-12-17)16-7-15-8-18(34-22(15)19(25)9-16)13-28-21(31)6-4-14-3-5-20(26)27-10-14/h3-12H,2,13H2,1H3,(H2,26,27)(H,28,31)/b6-4+. The fourth-order valence-electron chi connectivity index (χ4n) is 3.10. The van der Waals surface area contributed by atoms with E-state index in [9.17, 15) is 9.59 Å². The molecule has 0 saturated heterocycles. The number of nitrogen functional groups attached to an aromatic ring is 1. The minimum Gasteiger partial charge on any atom is -0.462 e. The number of esters is 1. The average Bonchev–Trinajstić information content (AvgIpc) is 3.26. The number of anilines is 1. The SMILES string of the molecule is CCOC(=O)c1cnc(-c2cc(Cl)c3oc(CNC(=O)/C=C/c4ccc(N)nc4)cc3c2)nc1. The summed E-state index contributed by atoms with van der Waals surface area (Å²) in [6.45, 7) is 2.17. The van der Waals surface area contributed by atoms with Gasteiger partial charge in [-0.3, -0.25) is 4.79 Å². The van der Waals surface area contributed by atoms with Gasteiger partial charge in [0.05, 0.1) is 23.7 Å². The summed E-state index contributed by atoms with van der Waals surface area (Å²) in [5, 5.41) is 3.86. The number of nitrogens with two attached hydrogens (primary N) is 1. The number of hydrogen-bond acceptors (Lipinski definition) is 8. The maximum absolute atomic E-state index is 12.1. The van der Waals surface area contributed by atoms with E-state index in [4.69, 9.17) is 26.5 Å². The molecular weight excluding hydrogens is 458 g/mol. The van der Waals surface area contributed by atoms with Gasteiger partial charge in [-0.1, -0.05) is 11.6 Å². The highest BCUT2D eigenvalue weighted by molar-refractivity contribution is 6.35. The molecule has 0 bridgehead atoms. The Morgan fingerprint density at radius 1 is 1.15 bits per heavy atom. The highest BCUT2D eigenvalue weighted by Crippen LogP contribution is 2.31. The topological polar surface area (TPSA) is 133 Å². The maximum atomic E-state index is 12.1. The van der Waals surface area contributed by atoms with Gasteiger partial charge in [0.25, 0.3) is 0 Å². The van der Waals surface area contributed by atoms with Crippen molar-refractivity contribution in [3.63, 3.8) is 0 Å². The first kappa shape index (κ1) is 22.9. The number of fused-ring (bicyclic) bond motifs is 1. The third-order valence-corrected chi connectivity index (χ3v) is 5.00. The Morgan fingerprint density at radius 3 is 2.65 bits per heavy atom. The molecule has 34 heavy (non-hydrogen) atoms. The average molecular weight is 478 g/mol. The first-order valence-corrected chi connectivity index (χ1v) is 10.7. The van der Waals surface area contributed by atoms with E-state index in [2.05, 4.69) is 20.3 Å². The molecule has 1 amide bonds. The van der Waals surface area contributed by atoms with Crippen LogP contribution < -0.4 is 11.1 Å². The van der Waals surface area contributed by atoms with Crippen molar-refractivity contribution in [2.24, 2.45) is 0 Å². The molecule has 3 aromatic heterocycles. The van der Waals surface area contributed by atoms with Crippen LogP contribution in [-0.2, 0) is 16.1 Å². The predicted molar refractivity (Wildman–Crippen MR) is 128 cm³/mol. The Balaban J connectivity index is 1.45. The molecule has 0 radical (unpaired) electrons. The number of nitrogens with zero attached hydrogens (tertiary/aromatic N) is 3. The van der Waals surface area contributed by atoms with E-state index < -0.39 is 5.97 Å². The largest absolute Gasteiger partial charge is 0.462 e. The van der Waals surface area contributed by atoms with Crippen LogP contribution in [0.15, 0.2) is 59.4 Å². The number of nitrogens with one attached hydrogen (secondary N) is 1. The number of rotatable bonds is 7. The Bertz CT molecular complexity index is 1360. The van der Waals surface area contributed by atoms with Crippen LogP contribution >= 0.6 is 11.6 Å². The zero-order chi connectivity index (χ0) is 24.1. The number of carbonyl (C=O) groups excluding carboxylic acids is 2. The number of carbonyl (C=O) groups is 2. The summed E-state index contributed by atoms with van der Waals surface area (Å²) in [6.07, 6.45) is 7.42. The summed E-state index contributed by atoms with van der Waals surface area (Å²) >= 11 is 6.40. The van der Waals surface area contributed by atoms with E-state index in [1.165, 1.54) is 18.5 Å². The molecule has 1 aromatic carbocycles. The molecule has 3 N–H and O–H groups in total. The second-order valence-electron chi connectivity index (χ2n) is 7.17. The number of aromatic nitrogens is 3. The summed E-state index contributed by atoms with van der Waals surface area (Å²) in [7, 11) is 0. The van der Waals surface area contributed by atoms with E-state index in [0.717, 1.165) is 10.9 Å². The zero-order valence-corrected chi connectivity index (χ0v) is 18.9. The van der Waals surface area contributed by atoms with Crippen molar-refractivity contribution in [3.05, 3.63) is 76.9 Å². The van der Waals surface area contributed by atoms with Gasteiger partial charge in [0.1, 0.15) is 11.6 Å². The van der Waals surface area contributed by atoms with Crippen molar-refractivity contribution < 1.29 is 18.7 Å². The van der Waals surface area contributed by atoms with Gasteiger partial charge in [-0.15, -0.1) is 0 Å². The molecule has 172 valence electrons. The minimum absolute atomic E-state index is 0.175. The van der Waals surface area contributed by atoms with Crippen LogP contribution in [0, 0.1) is 0 Å². The van der Waals surface area contributed by atoms with Gasteiger partial charge in [0.2, 0.25) is 5.91 Å². The molecule has 0 aliphatic rings. The van der Waals surface area contributed by atoms with E-state index in [-0.39, 0.29) is 24.6 Å². The quantitative estimate of drug-likeness (QED) is 0.301. The molecule has 0 saturated carbocycles. The van der Waals surface area contributed by atoms with Crippen molar-refractivity contribution in [3.8, 4) is 11.4 Å². The fraction of sp³-hybridized carbons (Fsp3) is 0.125. The molecule has 0 aliphatic carbocycles. The highest BCUT2D eigenvalue weighted by atomic mass is 35.5. The van der Waals surface area contributed by atoms with Crippen molar-refractivity contribution in [2.45, 2.75) is 13.5 Å². The van der Waals surface area contributed by atoms with Gasteiger partial charge in [-0.25, -0.2) is 19.7 Å². The molecule has 0 fully saturated rings. The second-order valence-corrected chi connectivity index (χ2v) is 7.58. The number of amides is 1. The van der Waals surface area contributed by atoms with Crippen molar-refractivity contribution in [2.75, 3.05) is 12.3 Å². The second kappa shape index (κ2) is 10.1. The minimum atomic E-state index is -0.482. The van der Waals surface area contributed by atoms with Crippen molar-refractivity contribution >= 4 is 46.3 Å². The van der Waals surface area contributed by atoms with E-state index >= 15 is 0 Å². The Kier molecular flexibility index (Phi) is 6.84. The molecular formula is C24H20ClN5O4. The number of halogens is 1. The molecule has 10 heteroatoms. The smallest absolute Gasteiger partial charge is 0.341 e. The number of hydrogen-bond donors (Lipinski definition) is 2. The van der Waals surface area contributed by atoms with Crippen LogP contribution in [-0.4, -0.2) is 33.4 Å². The molecule has 4 rings (SSSR count). The van der Waals surface area contributed by atoms with Crippen LogP contribution in [0.4, 0.5) is 5.82 Å². The van der Waals surface area contributed by atoms with Crippen LogP contribution in [0.3, 0.4) is 0 Å². The lowest BCUT2D eigenvalue weighted by Crippen LogP contribution is -2.19. The lowest BCUT2D eigenvalue weighted by atomic mass is 10.1. The Hall–Kier alpha value is -4.24. The predicted octanol–water partition coefficient (Wildman–Crippen LogP) is 4.03. The summed E-state index contributed by atoms with van der Waals surface area (Å²) in [5.41, 5.74) is 7.71. The van der Waals surface area contributed by atoms with Gasteiger partial charge in [0.15, 0.2) is 11.4 Å². The van der Waals surface area contributed by atoms with E-state index in [1.807, 2.05) is 6.07 Å².